The van der Waals surface area contributed by atoms with Crippen molar-refractivity contribution in [3.05, 3.63) is 57.6 Å². The number of hydrogen-bond donors (Lipinski definition) is 3. The molecule has 0 heterocycles. The Morgan fingerprint density at radius 1 is 1.14 bits per heavy atom. The van der Waals surface area contributed by atoms with Crippen molar-refractivity contribution in [3.63, 3.8) is 0 Å². The average molecular weight is 326 g/mol. The second-order valence-corrected chi connectivity index (χ2v) is 5.49. The molecule has 2 rings (SSSR count). The molecule has 0 saturated carbocycles. The predicted octanol–water partition coefficient (Wildman–Crippen LogP) is 3.68. The Bertz CT molecular complexity index is 668. The number of aromatic hydroxyl groups is 1. The second kappa shape index (κ2) is 6.35. The minimum absolute atomic E-state index is 0.0697. The zero-order chi connectivity index (χ0) is 15.6. The highest BCUT2D eigenvalue weighted by molar-refractivity contribution is 6.34. The average Bonchev–Trinajstić information content (AvgIpc) is 2.40. The highest BCUT2D eigenvalue weighted by atomic mass is 35.5. The number of carbonyl (C=O) groups is 1. The molecule has 0 aromatic heterocycles. The van der Waals surface area contributed by atoms with Crippen molar-refractivity contribution in [3.8, 4) is 5.75 Å². The van der Waals surface area contributed by atoms with Gasteiger partial charge in [0.2, 0.25) is 0 Å². The Hall–Kier alpha value is -1.75. The molecule has 3 N–H and O–H groups in total. The van der Waals surface area contributed by atoms with Gasteiger partial charge in [0.25, 0.3) is 5.91 Å². The molecule has 0 saturated heterocycles. The van der Waals surface area contributed by atoms with Crippen molar-refractivity contribution in [1.29, 1.82) is 0 Å². The van der Waals surface area contributed by atoms with Crippen LogP contribution in [0, 0.1) is 6.92 Å². The molecule has 0 fully saturated rings. The molecule has 2 aromatic rings. The highest BCUT2D eigenvalue weighted by Gasteiger charge is 2.19. The lowest BCUT2D eigenvalue weighted by atomic mass is 10.1. The van der Waals surface area contributed by atoms with E-state index in [1.807, 2.05) is 6.92 Å². The summed E-state index contributed by atoms with van der Waals surface area (Å²) in [4.78, 5) is 12.0. The number of aliphatic hydroxyl groups is 1. The van der Waals surface area contributed by atoms with Gasteiger partial charge in [-0.25, -0.2) is 0 Å². The highest BCUT2D eigenvalue weighted by Crippen LogP contribution is 2.27. The summed E-state index contributed by atoms with van der Waals surface area (Å²) < 4.78 is 0. The summed E-state index contributed by atoms with van der Waals surface area (Å²) in [5.41, 5.74) is 1.35. The Morgan fingerprint density at radius 3 is 2.33 bits per heavy atom. The SMILES string of the molecule is Cc1ccc(NC(=O)C(O)c2cc(Cl)cc(Cl)c2)c(O)c1. The fraction of sp³-hybridized carbons (Fsp3) is 0.133. The van der Waals surface area contributed by atoms with Gasteiger partial charge in [-0.05, 0) is 48.4 Å². The van der Waals surface area contributed by atoms with Crippen molar-refractivity contribution < 1.29 is 15.0 Å². The molecule has 1 unspecified atom stereocenters. The number of aryl methyl sites for hydroxylation is 1. The maximum absolute atomic E-state index is 12.0. The molecular formula is C15H13Cl2NO3. The fourth-order valence-electron chi connectivity index (χ4n) is 1.83. The molecule has 4 nitrogen and oxygen atoms in total. The first-order valence-electron chi connectivity index (χ1n) is 6.11. The zero-order valence-electron chi connectivity index (χ0n) is 11.1. The van der Waals surface area contributed by atoms with Gasteiger partial charge in [0.05, 0.1) is 5.69 Å². The van der Waals surface area contributed by atoms with Crippen molar-refractivity contribution in [2.45, 2.75) is 13.0 Å². The fourth-order valence-corrected chi connectivity index (χ4v) is 2.38. The Morgan fingerprint density at radius 2 is 1.76 bits per heavy atom. The molecule has 110 valence electrons. The molecule has 0 bridgehead atoms. The van der Waals surface area contributed by atoms with E-state index in [4.69, 9.17) is 23.2 Å². The number of anilines is 1. The minimum Gasteiger partial charge on any atom is -0.506 e. The summed E-state index contributed by atoms with van der Waals surface area (Å²) in [5, 5.41) is 22.9. The number of carbonyl (C=O) groups excluding carboxylic acids is 1. The number of hydrogen-bond acceptors (Lipinski definition) is 3. The lowest BCUT2D eigenvalue weighted by Crippen LogP contribution is -2.20. The van der Waals surface area contributed by atoms with Gasteiger partial charge in [0.15, 0.2) is 6.10 Å². The molecule has 0 spiro atoms. The molecule has 0 aliphatic rings. The van der Waals surface area contributed by atoms with Crippen LogP contribution < -0.4 is 5.32 Å². The van der Waals surface area contributed by atoms with E-state index in [0.29, 0.717) is 10.0 Å². The summed E-state index contributed by atoms with van der Waals surface area (Å²) in [5.74, 6) is -0.757. The van der Waals surface area contributed by atoms with Crippen LogP contribution in [0.4, 0.5) is 5.69 Å². The lowest BCUT2D eigenvalue weighted by molar-refractivity contribution is -0.124. The standard InChI is InChI=1S/C15H13Cl2NO3/c1-8-2-3-12(13(19)4-8)18-15(21)14(20)9-5-10(16)7-11(17)6-9/h2-7,14,19-20H,1H3,(H,18,21). The zero-order valence-corrected chi connectivity index (χ0v) is 12.6. The molecule has 0 aliphatic heterocycles. The van der Waals surface area contributed by atoms with E-state index in [2.05, 4.69) is 5.32 Å². The van der Waals surface area contributed by atoms with E-state index in [1.165, 1.54) is 24.3 Å². The summed E-state index contributed by atoms with van der Waals surface area (Å²) in [6.07, 6.45) is -1.44. The van der Waals surface area contributed by atoms with Crippen LogP contribution in [-0.2, 0) is 4.79 Å². The monoisotopic (exact) mass is 325 g/mol. The number of phenolic OH excluding ortho intramolecular Hbond substituents is 1. The molecule has 1 atom stereocenters. The largest absolute Gasteiger partial charge is 0.506 e. The van der Waals surface area contributed by atoms with Gasteiger partial charge in [-0.2, -0.15) is 0 Å². The van der Waals surface area contributed by atoms with Crippen molar-refractivity contribution in [1.82, 2.24) is 0 Å². The predicted molar refractivity (Wildman–Crippen MR) is 82.9 cm³/mol. The quantitative estimate of drug-likeness (QED) is 0.754. The number of benzene rings is 2. The van der Waals surface area contributed by atoms with Crippen LogP contribution in [0.5, 0.6) is 5.75 Å². The van der Waals surface area contributed by atoms with Gasteiger partial charge in [-0.1, -0.05) is 29.3 Å². The van der Waals surface area contributed by atoms with Crippen molar-refractivity contribution >= 4 is 34.8 Å². The molecule has 0 radical (unpaired) electrons. The van der Waals surface area contributed by atoms with E-state index in [9.17, 15) is 15.0 Å². The number of amides is 1. The van der Waals surface area contributed by atoms with Crippen LogP contribution in [-0.4, -0.2) is 16.1 Å². The summed E-state index contributed by atoms with van der Waals surface area (Å²) in [6, 6.07) is 9.21. The van der Waals surface area contributed by atoms with Crippen LogP contribution in [0.25, 0.3) is 0 Å². The van der Waals surface area contributed by atoms with Gasteiger partial charge in [0.1, 0.15) is 5.75 Å². The first-order valence-corrected chi connectivity index (χ1v) is 6.87. The second-order valence-electron chi connectivity index (χ2n) is 4.62. The maximum Gasteiger partial charge on any atom is 0.257 e. The van der Waals surface area contributed by atoms with Gasteiger partial charge in [0, 0.05) is 10.0 Å². The number of rotatable bonds is 3. The van der Waals surface area contributed by atoms with Crippen LogP contribution in [0.3, 0.4) is 0 Å². The van der Waals surface area contributed by atoms with E-state index >= 15 is 0 Å². The third-order valence-corrected chi connectivity index (χ3v) is 3.30. The maximum atomic E-state index is 12.0. The number of nitrogens with one attached hydrogen (secondary N) is 1. The van der Waals surface area contributed by atoms with Gasteiger partial charge >= 0.3 is 0 Å². The van der Waals surface area contributed by atoms with E-state index in [0.717, 1.165) is 5.56 Å². The van der Waals surface area contributed by atoms with E-state index in [1.54, 1.807) is 12.1 Å². The third kappa shape index (κ3) is 3.88. The third-order valence-electron chi connectivity index (χ3n) is 2.86. The van der Waals surface area contributed by atoms with Crippen molar-refractivity contribution in [2.24, 2.45) is 0 Å². The Labute approximate surface area is 131 Å². The molecule has 6 heteroatoms. The number of phenols is 1. The molecular weight excluding hydrogens is 313 g/mol. The summed E-state index contributed by atoms with van der Waals surface area (Å²) in [6.45, 7) is 1.81. The first kappa shape index (κ1) is 15.6. The van der Waals surface area contributed by atoms with Crippen molar-refractivity contribution in [2.75, 3.05) is 5.32 Å². The van der Waals surface area contributed by atoms with Gasteiger partial charge < -0.3 is 15.5 Å². The van der Waals surface area contributed by atoms with Crippen LogP contribution in [0.1, 0.15) is 17.2 Å². The molecule has 21 heavy (non-hydrogen) atoms. The van der Waals surface area contributed by atoms with E-state index in [-0.39, 0.29) is 17.0 Å². The summed E-state index contributed by atoms with van der Waals surface area (Å²) in [7, 11) is 0. The molecule has 0 aliphatic carbocycles. The Kier molecular flexibility index (Phi) is 4.73. The minimum atomic E-state index is -1.44. The van der Waals surface area contributed by atoms with Crippen LogP contribution >= 0.6 is 23.2 Å². The topological polar surface area (TPSA) is 69.6 Å². The lowest BCUT2D eigenvalue weighted by Gasteiger charge is -2.13. The first-order chi connectivity index (χ1) is 9.86. The Balaban J connectivity index is 2.19. The normalized spacial score (nSPS) is 12.0. The van der Waals surface area contributed by atoms with E-state index < -0.39 is 12.0 Å². The van der Waals surface area contributed by atoms with Crippen LogP contribution in [0.15, 0.2) is 36.4 Å². The number of halogens is 2. The molecule has 2 aromatic carbocycles. The smallest absolute Gasteiger partial charge is 0.257 e. The molecule has 1 amide bonds. The van der Waals surface area contributed by atoms with Crippen LogP contribution in [0.2, 0.25) is 10.0 Å². The summed E-state index contributed by atoms with van der Waals surface area (Å²) >= 11 is 11.7. The van der Waals surface area contributed by atoms with Gasteiger partial charge in [-0.3, -0.25) is 4.79 Å². The van der Waals surface area contributed by atoms with Gasteiger partial charge in [-0.15, -0.1) is 0 Å². The number of aliphatic hydroxyl groups excluding tert-OH is 1.